The summed E-state index contributed by atoms with van der Waals surface area (Å²) in [4.78, 5) is 4.44. The van der Waals surface area contributed by atoms with Gasteiger partial charge in [-0.1, -0.05) is 0 Å². The predicted molar refractivity (Wildman–Crippen MR) is 74.2 cm³/mol. The number of rotatable bonds is 1. The molecule has 0 aromatic heterocycles. The van der Waals surface area contributed by atoms with Gasteiger partial charge >= 0.3 is 0 Å². The largest absolute Gasteiger partial charge is 0.486 e. The third-order valence-corrected chi connectivity index (χ3v) is 3.63. The van der Waals surface area contributed by atoms with E-state index in [-0.39, 0.29) is 0 Å². The lowest BCUT2D eigenvalue weighted by atomic mass is 10.1. The number of nitrogens with zero attached hydrogens (tertiary/aromatic N) is 4. The third kappa shape index (κ3) is 1.86. The van der Waals surface area contributed by atoms with E-state index in [1.54, 1.807) is 11.3 Å². The van der Waals surface area contributed by atoms with Gasteiger partial charge in [-0.05, 0) is 18.2 Å². The second kappa shape index (κ2) is 4.27. The summed E-state index contributed by atoms with van der Waals surface area (Å²) >= 11 is 1.34. The third-order valence-electron chi connectivity index (χ3n) is 2.95. The molecule has 3 aliphatic heterocycles. The Hall–Kier alpha value is -2.02. The number of hydrazone groups is 1. The average Bonchev–Trinajstić information content (AvgIpc) is 2.94. The van der Waals surface area contributed by atoms with Crippen LogP contribution in [0.2, 0.25) is 0 Å². The van der Waals surface area contributed by atoms with E-state index in [4.69, 9.17) is 9.47 Å². The lowest BCUT2D eigenvalue weighted by Crippen LogP contribution is -2.26. The van der Waals surface area contributed by atoms with Crippen molar-refractivity contribution in [3.05, 3.63) is 23.8 Å². The molecule has 0 fully saturated rings. The zero-order valence-corrected chi connectivity index (χ0v) is 10.8. The highest BCUT2D eigenvalue weighted by Crippen LogP contribution is 2.31. The summed E-state index contributed by atoms with van der Waals surface area (Å²) in [6.07, 6.45) is 1.67. The van der Waals surface area contributed by atoms with Gasteiger partial charge in [0.2, 0.25) is 5.17 Å². The van der Waals surface area contributed by atoms with Gasteiger partial charge < -0.3 is 9.47 Å². The normalized spacial score (nSPS) is 19.9. The molecule has 96 valence electrons. The first-order valence-corrected chi connectivity index (χ1v) is 6.69. The van der Waals surface area contributed by atoms with Gasteiger partial charge in [0.05, 0.1) is 24.2 Å². The molecule has 0 saturated carbocycles. The predicted octanol–water partition coefficient (Wildman–Crippen LogP) is 1.52. The van der Waals surface area contributed by atoms with Crippen LogP contribution >= 0.6 is 11.9 Å². The standard InChI is InChI=1S/C12H10N4O2S/c1-2-10-11(18-4-3-17-10)5-8(1)9-6-13-12-16(15-9)7-14-19-12/h1-2,5,7H,3-4,6H2. The molecule has 3 heterocycles. The van der Waals surface area contributed by atoms with E-state index in [0.29, 0.717) is 19.8 Å². The van der Waals surface area contributed by atoms with E-state index in [9.17, 15) is 0 Å². The lowest BCUT2D eigenvalue weighted by molar-refractivity contribution is 0.171. The zero-order valence-electron chi connectivity index (χ0n) is 9.94. The molecule has 0 N–H and O–H groups in total. The van der Waals surface area contributed by atoms with Crippen molar-refractivity contribution in [2.45, 2.75) is 0 Å². The molecule has 0 aliphatic carbocycles. The number of hydrogen-bond donors (Lipinski definition) is 0. The van der Waals surface area contributed by atoms with Crippen molar-refractivity contribution in [3.63, 3.8) is 0 Å². The molecular formula is C12H10N4O2S. The van der Waals surface area contributed by atoms with Gasteiger partial charge in [-0.15, -0.1) is 0 Å². The Labute approximate surface area is 114 Å². The molecule has 0 saturated heterocycles. The summed E-state index contributed by atoms with van der Waals surface area (Å²) in [6, 6.07) is 5.85. The number of ether oxygens (including phenoxy) is 2. The Kier molecular flexibility index (Phi) is 2.44. The monoisotopic (exact) mass is 274 g/mol. The molecule has 0 amide bonds. The van der Waals surface area contributed by atoms with Crippen molar-refractivity contribution >= 4 is 29.2 Å². The first kappa shape index (κ1) is 10.9. The minimum atomic E-state index is 0.557. The lowest BCUT2D eigenvalue weighted by Gasteiger charge is -2.20. The van der Waals surface area contributed by atoms with E-state index >= 15 is 0 Å². The second-order valence-electron chi connectivity index (χ2n) is 4.16. The molecule has 0 spiro atoms. The highest BCUT2D eigenvalue weighted by atomic mass is 32.2. The molecule has 0 bridgehead atoms. The van der Waals surface area contributed by atoms with Gasteiger partial charge in [0.25, 0.3) is 0 Å². The van der Waals surface area contributed by atoms with Crippen molar-refractivity contribution < 1.29 is 9.47 Å². The van der Waals surface area contributed by atoms with Crippen LogP contribution in [0.4, 0.5) is 0 Å². The Balaban J connectivity index is 1.68. The Morgan fingerprint density at radius 2 is 2.05 bits per heavy atom. The van der Waals surface area contributed by atoms with Crippen LogP contribution in [0.5, 0.6) is 11.5 Å². The van der Waals surface area contributed by atoms with E-state index in [1.807, 2.05) is 18.2 Å². The topological polar surface area (TPSA) is 58.8 Å². The summed E-state index contributed by atoms with van der Waals surface area (Å²) < 4.78 is 15.2. The fourth-order valence-corrected chi connectivity index (χ4v) is 2.58. The number of hydrogen-bond acceptors (Lipinski definition) is 7. The van der Waals surface area contributed by atoms with Crippen LogP contribution in [0.15, 0.2) is 32.7 Å². The van der Waals surface area contributed by atoms with Crippen molar-refractivity contribution in [1.29, 1.82) is 0 Å². The van der Waals surface area contributed by atoms with Crippen LogP contribution in [-0.4, -0.2) is 42.0 Å². The molecule has 6 nitrogen and oxygen atoms in total. The zero-order chi connectivity index (χ0) is 12.7. The van der Waals surface area contributed by atoms with Gasteiger partial charge in [0.15, 0.2) is 11.5 Å². The van der Waals surface area contributed by atoms with E-state index in [1.165, 1.54) is 11.9 Å². The van der Waals surface area contributed by atoms with Crippen LogP contribution in [0.25, 0.3) is 0 Å². The Morgan fingerprint density at radius 3 is 3.00 bits per heavy atom. The highest BCUT2D eigenvalue weighted by molar-refractivity contribution is 8.13. The van der Waals surface area contributed by atoms with E-state index < -0.39 is 0 Å². The fourth-order valence-electron chi connectivity index (χ4n) is 2.05. The van der Waals surface area contributed by atoms with Gasteiger partial charge in [0.1, 0.15) is 19.6 Å². The van der Waals surface area contributed by atoms with Gasteiger partial charge in [-0.3, -0.25) is 4.99 Å². The van der Waals surface area contributed by atoms with Crippen LogP contribution in [0, 0.1) is 0 Å². The second-order valence-corrected chi connectivity index (χ2v) is 4.92. The summed E-state index contributed by atoms with van der Waals surface area (Å²) in [6.45, 7) is 1.74. The van der Waals surface area contributed by atoms with Gasteiger partial charge in [-0.2, -0.15) is 14.5 Å². The van der Waals surface area contributed by atoms with Gasteiger partial charge in [0, 0.05) is 5.56 Å². The maximum absolute atomic E-state index is 5.58. The Morgan fingerprint density at radius 1 is 1.16 bits per heavy atom. The molecular weight excluding hydrogens is 264 g/mol. The average molecular weight is 274 g/mol. The van der Waals surface area contributed by atoms with Crippen molar-refractivity contribution in [3.8, 4) is 11.5 Å². The van der Waals surface area contributed by atoms with Crippen molar-refractivity contribution in [2.24, 2.45) is 14.5 Å². The smallest absolute Gasteiger partial charge is 0.208 e. The maximum atomic E-state index is 5.58. The number of amidine groups is 1. The maximum Gasteiger partial charge on any atom is 0.208 e. The first-order valence-electron chi connectivity index (χ1n) is 5.92. The molecule has 1 aromatic rings. The first-order chi connectivity index (χ1) is 9.40. The Bertz CT molecular complexity index is 626. The summed E-state index contributed by atoms with van der Waals surface area (Å²) in [5.41, 5.74) is 1.90. The minimum Gasteiger partial charge on any atom is -0.486 e. The van der Waals surface area contributed by atoms with Crippen molar-refractivity contribution in [1.82, 2.24) is 5.01 Å². The number of aliphatic imine (C=N–C) groups is 1. The van der Waals surface area contributed by atoms with Crippen molar-refractivity contribution in [2.75, 3.05) is 19.8 Å². The van der Waals surface area contributed by atoms with Crippen LogP contribution in [0.1, 0.15) is 5.56 Å². The molecule has 0 unspecified atom stereocenters. The van der Waals surface area contributed by atoms with Crippen LogP contribution in [-0.2, 0) is 0 Å². The molecule has 19 heavy (non-hydrogen) atoms. The molecule has 3 aliphatic rings. The quantitative estimate of drug-likeness (QED) is 0.729. The van der Waals surface area contributed by atoms with Crippen LogP contribution in [0.3, 0.4) is 0 Å². The van der Waals surface area contributed by atoms with Crippen LogP contribution < -0.4 is 9.47 Å². The molecule has 1 aromatic carbocycles. The number of fused-ring (bicyclic) bond motifs is 2. The van der Waals surface area contributed by atoms with E-state index in [0.717, 1.165) is 27.9 Å². The molecule has 0 atom stereocenters. The minimum absolute atomic E-state index is 0.557. The highest BCUT2D eigenvalue weighted by Gasteiger charge is 2.22. The summed E-state index contributed by atoms with van der Waals surface area (Å²) in [5, 5.41) is 7.03. The summed E-state index contributed by atoms with van der Waals surface area (Å²) in [7, 11) is 0. The number of benzene rings is 1. The summed E-state index contributed by atoms with van der Waals surface area (Å²) in [5.74, 6) is 1.56. The SMILES string of the molecule is C1=NSC2=NCC(c3ccc4c(c3)OCCO4)=NN12. The molecule has 4 rings (SSSR count). The fraction of sp³-hybridized carbons (Fsp3) is 0.250. The van der Waals surface area contributed by atoms with Gasteiger partial charge in [-0.25, -0.2) is 0 Å². The van der Waals surface area contributed by atoms with E-state index in [2.05, 4.69) is 14.5 Å². The molecule has 7 heteroatoms. The molecule has 0 radical (unpaired) electrons.